The van der Waals surface area contributed by atoms with E-state index in [-0.39, 0.29) is 42.3 Å². The van der Waals surface area contributed by atoms with E-state index in [1.165, 1.54) is 54.9 Å². The van der Waals surface area contributed by atoms with Crippen LogP contribution in [0.4, 0.5) is 11.4 Å². The number of ether oxygens (including phenoxy) is 2. The second kappa shape index (κ2) is 8.67. The van der Waals surface area contributed by atoms with E-state index < -0.39 is 14.9 Å². The molecule has 0 radical (unpaired) electrons. The number of sulfonamides is 1. The Morgan fingerprint density at radius 3 is 2.23 bits per heavy atom. The normalized spacial score (nSPS) is 14.9. The van der Waals surface area contributed by atoms with Gasteiger partial charge in [-0.2, -0.15) is 4.31 Å². The molecule has 11 heteroatoms. The first-order valence-electron chi connectivity index (χ1n) is 9.02. The third kappa shape index (κ3) is 4.07. The molecule has 0 saturated carbocycles. The minimum absolute atomic E-state index is 0.0786. The number of hydrogen-bond donors (Lipinski definition) is 0. The van der Waals surface area contributed by atoms with Gasteiger partial charge in [-0.15, -0.1) is 0 Å². The fraction of sp³-hybridized carbons (Fsp3) is 0.316. The molecule has 0 N–H and O–H groups in total. The van der Waals surface area contributed by atoms with Gasteiger partial charge in [0, 0.05) is 43.9 Å². The number of nitro benzene ring substituents is 1. The van der Waals surface area contributed by atoms with E-state index in [1.807, 2.05) is 0 Å². The van der Waals surface area contributed by atoms with Crippen LogP contribution in [0.1, 0.15) is 10.4 Å². The lowest BCUT2D eigenvalue weighted by Gasteiger charge is -2.35. The number of nitrogens with zero attached hydrogens (tertiary/aromatic N) is 3. The predicted molar refractivity (Wildman–Crippen MR) is 109 cm³/mol. The van der Waals surface area contributed by atoms with Crippen LogP contribution in [0.15, 0.2) is 41.3 Å². The Bertz CT molecular complexity index is 1060. The number of piperazine rings is 1. The second-order valence-electron chi connectivity index (χ2n) is 6.53. The molecule has 1 heterocycles. The zero-order chi connectivity index (χ0) is 21.9. The molecule has 10 nitrogen and oxygen atoms in total. The number of carbonyl (C=O) groups is 1. The van der Waals surface area contributed by atoms with E-state index in [4.69, 9.17) is 9.47 Å². The lowest BCUT2D eigenvalue weighted by atomic mass is 10.1. The van der Waals surface area contributed by atoms with Gasteiger partial charge in [-0.05, 0) is 24.3 Å². The molecule has 160 valence electrons. The Morgan fingerprint density at radius 1 is 1.00 bits per heavy atom. The molecule has 1 aliphatic heterocycles. The summed E-state index contributed by atoms with van der Waals surface area (Å²) in [7, 11) is -0.881. The number of hydrogen-bond acceptors (Lipinski definition) is 8. The van der Waals surface area contributed by atoms with Crippen LogP contribution in [0.2, 0.25) is 0 Å². The third-order valence-corrected chi connectivity index (χ3v) is 6.80. The Labute approximate surface area is 173 Å². The van der Waals surface area contributed by atoms with Crippen molar-refractivity contribution < 1.29 is 27.6 Å². The monoisotopic (exact) mass is 435 g/mol. The first-order valence-corrected chi connectivity index (χ1v) is 10.5. The lowest BCUT2D eigenvalue weighted by molar-refractivity contribution is -0.384. The lowest BCUT2D eigenvalue weighted by Crippen LogP contribution is -2.48. The van der Waals surface area contributed by atoms with Crippen LogP contribution in [-0.2, 0) is 10.0 Å². The average Bonchev–Trinajstić information content (AvgIpc) is 2.78. The molecule has 0 aromatic heterocycles. The fourth-order valence-corrected chi connectivity index (χ4v) is 4.76. The highest BCUT2D eigenvalue weighted by molar-refractivity contribution is 7.89. The molecular weight excluding hydrogens is 414 g/mol. The van der Waals surface area contributed by atoms with Gasteiger partial charge in [0.25, 0.3) is 5.69 Å². The van der Waals surface area contributed by atoms with Crippen LogP contribution in [0.5, 0.6) is 11.5 Å². The van der Waals surface area contributed by atoms with Crippen LogP contribution in [-0.4, -0.2) is 64.3 Å². The minimum atomic E-state index is -3.77. The van der Waals surface area contributed by atoms with Crippen molar-refractivity contribution in [1.82, 2.24) is 4.31 Å². The maximum Gasteiger partial charge on any atom is 0.293 e. The summed E-state index contributed by atoms with van der Waals surface area (Å²) >= 11 is 0. The van der Waals surface area contributed by atoms with Crippen molar-refractivity contribution in [2.24, 2.45) is 0 Å². The van der Waals surface area contributed by atoms with E-state index in [9.17, 15) is 23.3 Å². The number of benzene rings is 2. The summed E-state index contributed by atoms with van der Waals surface area (Å²) in [5.74, 6) is 0.732. The Balaban J connectivity index is 1.80. The van der Waals surface area contributed by atoms with Crippen molar-refractivity contribution in [3.63, 3.8) is 0 Å². The first-order chi connectivity index (χ1) is 14.3. The van der Waals surface area contributed by atoms with Crippen LogP contribution in [0.3, 0.4) is 0 Å². The number of carbonyl (C=O) groups excluding carboxylic acids is 1. The van der Waals surface area contributed by atoms with Gasteiger partial charge in [-0.25, -0.2) is 8.42 Å². The zero-order valence-corrected chi connectivity index (χ0v) is 17.3. The molecule has 1 fully saturated rings. The fourth-order valence-electron chi connectivity index (χ4n) is 3.32. The Morgan fingerprint density at radius 2 is 1.67 bits per heavy atom. The van der Waals surface area contributed by atoms with Crippen LogP contribution in [0, 0.1) is 10.1 Å². The van der Waals surface area contributed by atoms with Gasteiger partial charge in [0.05, 0.1) is 24.0 Å². The first kappa shape index (κ1) is 21.5. The van der Waals surface area contributed by atoms with E-state index in [1.54, 1.807) is 4.90 Å². The Hall–Kier alpha value is -3.18. The number of rotatable bonds is 7. The van der Waals surface area contributed by atoms with Crippen molar-refractivity contribution in [3.05, 3.63) is 52.1 Å². The summed E-state index contributed by atoms with van der Waals surface area (Å²) in [4.78, 5) is 23.6. The molecule has 30 heavy (non-hydrogen) atoms. The van der Waals surface area contributed by atoms with Crippen LogP contribution >= 0.6 is 0 Å². The second-order valence-corrected chi connectivity index (χ2v) is 8.47. The van der Waals surface area contributed by atoms with Gasteiger partial charge in [-0.1, -0.05) is 0 Å². The van der Waals surface area contributed by atoms with E-state index >= 15 is 0 Å². The zero-order valence-electron chi connectivity index (χ0n) is 16.5. The summed E-state index contributed by atoms with van der Waals surface area (Å²) in [6.07, 6.45) is 0.546. The molecular formula is C19H21N3O7S. The van der Waals surface area contributed by atoms with Gasteiger partial charge in [0.1, 0.15) is 12.0 Å². The molecule has 2 aromatic rings. The summed E-state index contributed by atoms with van der Waals surface area (Å²) in [5.41, 5.74) is 0.379. The topological polar surface area (TPSA) is 119 Å². The van der Waals surface area contributed by atoms with Crippen molar-refractivity contribution in [2.75, 3.05) is 45.3 Å². The SMILES string of the molecule is COc1ccc(S(=O)(=O)N2CCN(c3ccc(C=O)cc3[N+](=O)[O-])CC2)cc1OC. The molecule has 0 spiro atoms. The molecule has 0 atom stereocenters. The molecule has 2 aromatic carbocycles. The van der Waals surface area contributed by atoms with E-state index in [0.717, 1.165) is 0 Å². The molecule has 3 rings (SSSR count). The van der Waals surface area contributed by atoms with Crippen molar-refractivity contribution in [3.8, 4) is 11.5 Å². The summed E-state index contributed by atoms with van der Waals surface area (Å²) in [5, 5.41) is 11.4. The van der Waals surface area contributed by atoms with Gasteiger partial charge in [-0.3, -0.25) is 14.9 Å². The number of nitro groups is 1. The molecule has 0 amide bonds. The van der Waals surface area contributed by atoms with Gasteiger partial charge >= 0.3 is 0 Å². The maximum atomic E-state index is 13.0. The summed E-state index contributed by atoms with van der Waals surface area (Å²) in [6.45, 7) is 0.855. The summed E-state index contributed by atoms with van der Waals surface area (Å²) in [6, 6.07) is 8.62. The minimum Gasteiger partial charge on any atom is -0.493 e. The highest BCUT2D eigenvalue weighted by atomic mass is 32.2. The molecule has 1 saturated heterocycles. The quantitative estimate of drug-likeness (QED) is 0.368. The Kier molecular flexibility index (Phi) is 6.22. The summed E-state index contributed by atoms with van der Waals surface area (Å²) < 4.78 is 37.7. The van der Waals surface area contributed by atoms with E-state index in [0.29, 0.717) is 23.5 Å². The van der Waals surface area contributed by atoms with Crippen molar-refractivity contribution in [2.45, 2.75) is 4.90 Å². The largest absolute Gasteiger partial charge is 0.493 e. The number of methoxy groups -OCH3 is 2. The highest BCUT2D eigenvalue weighted by Crippen LogP contribution is 2.33. The highest BCUT2D eigenvalue weighted by Gasteiger charge is 2.31. The molecule has 0 unspecified atom stereocenters. The van der Waals surface area contributed by atoms with Crippen LogP contribution in [0.25, 0.3) is 0 Å². The number of aldehydes is 1. The van der Waals surface area contributed by atoms with Crippen LogP contribution < -0.4 is 14.4 Å². The van der Waals surface area contributed by atoms with Crippen molar-refractivity contribution >= 4 is 27.7 Å². The molecule has 0 aliphatic carbocycles. The van der Waals surface area contributed by atoms with Crippen molar-refractivity contribution in [1.29, 1.82) is 0 Å². The molecule has 0 bridgehead atoms. The van der Waals surface area contributed by atoms with Gasteiger partial charge < -0.3 is 14.4 Å². The van der Waals surface area contributed by atoms with E-state index in [2.05, 4.69) is 0 Å². The van der Waals surface area contributed by atoms with Gasteiger partial charge in [0.2, 0.25) is 10.0 Å². The molecule has 1 aliphatic rings. The van der Waals surface area contributed by atoms with Gasteiger partial charge in [0.15, 0.2) is 11.5 Å². The standard InChI is InChI=1S/C19H21N3O7S/c1-28-18-6-4-15(12-19(18)29-2)30(26,27)21-9-7-20(8-10-21)16-5-3-14(13-23)11-17(16)22(24)25/h3-6,11-13H,7-10H2,1-2H3. The maximum absolute atomic E-state index is 13.0. The smallest absolute Gasteiger partial charge is 0.293 e. The predicted octanol–water partition coefficient (Wildman–Crippen LogP) is 1.94. The third-order valence-electron chi connectivity index (χ3n) is 4.90. The average molecular weight is 435 g/mol. The number of anilines is 1.